The largest absolute Gasteiger partial charge is 0.496 e. The number of methoxy groups -OCH3 is 1. The van der Waals surface area contributed by atoms with Crippen LogP contribution < -0.4 is 4.74 Å². The minimum absolute atomic E-state index is 0.820. The van der Waals surface area contributed by atoms with E-state index in [0.717, 1.165) is 16.9 Å². The SMILES string of the molecule is COc1c[c]ccc1-c1cnn(C)c1. The van der Waals surface area contributed by atoms with Gasteiger partial charge < -0.3 is 4.74 Å². The van der Waals surface area contributed by atoms with Crippen LogP contribution in [0.15, 0.2) is 30.6 Å². The van der Waals surface area contributed by atoms with Gasteiger partial charge in [-0.05, 0) is 18.2 Å². The van der Waals surface area contributed by atoms with Crippen molar-refractivity contribution in [1.29, 1.82) is 0 Å². The molecule has 0 saturated carbocycles. The lowest BCUT2D eigenvalue weighted by molar-refractivity contribution is 0.416. The maximum absolute atomic E-state index is 5.24. The topological polar surface area (TPSA) is 27.1 Å². The molecular formula is C11H11N2O. The number of ether oxygens (including phenoxy) is 1. The molecule has 1 radical (unpaired) electrons. The van der Waals surface area contributed by atoms with Crippen LogP contribution in [-0.4, -0.2) is 16.9 Å². The lowest BCUT2D eigenvalue weighted by Gasteiger charge is -2.04. The van der Waals surface area contributed by atoms with Gasteiger partial charge >= 0.3 is 0 Å². The van der Waals surface area contributed by atoms with Crippen LogP contribution in [0.25, 0.3) is 11.1 Å². The Morgan fingerprint density at radius 1 is 1.50 bits per heavy atom. The summed E-state index contributed by atoms with van der Waals surface area (Å²) in [5, 5.41) is 4.12. The molecule has 14 heavy (non-hydrogen) atoms. The van der Waals surface area contributed by atoms with Crippen molar-refractivity contribution < 1.29 is 4.74 Å². The lowest BCUT2D eigenvalue weighted by atomic mass is 10.1. The molecule has 0 aliphatic rings. The second kappa shape index (κ2) is 3.54. The summed E-state index contributed by atoms with van der Waals surface area (Å²) in [6.45, 7) is 0. The van der Waals surface area contributed by atoms with Crippen LogP contribution >= 0.6 is 0 Å². The number of aromatic nitrogens is 2. The second-order valence-corrected chi connectivity index (χ2v) is 3.03. The Morgan fingerprint density at radius 2 is 2.36 bits per heavy atom. The molecule has 0 N–H and O–H groups in total. The summed E-state index contributed by atoms with van der Waals surface area (Å²) in [6, 6.07) is 8.63. The fraction of sp³-hybridized carbons (Fsp3) is 0.182. The Kier molecular flexibility index (Phi) is 2.23. The van der Waals surface area contributed by atoms with Crippen LogP contribution in [0.1, 0.15) is 0 Å². The number of hydrogen-bond acceptors (Lipinski definition) is 2. The molecule has 1 aromatic carbocycles. The third-order valence-corrected chi connectivity index (χ3v) is 2.06. The van der Waals surface area contributed by atoms with E-state index in [2.05, 4.69) is 11.2 Å². The van der Waals surface area contributed by atoms with Crippen molar-refractivity contribution in [1.82, 2.24) is 9.78 Å². The van der Waals surface area contributed by atoms with Gasteiger partial charge in [-0.3, -0.25) is 4.68 Å². The standard InChI is InChI=1S/C11H11N2O/c1-13-8-9(7-12-13)10-5-3-4-6-11(10)14-2/h3,5-8H,1-2H3. The number of aryl methyl sites for hydroxylation is 1. The molecule has 1 heterocycles. The molecule has 3 nitrogen and oxygen atoms in total. The Morgan fingerprint density at radius 3 is 3.00 bits per heavy atom. The molecule has 3 heteroatoms. The van der Waals surface area contributed by atoms with Gasteiger partial charge in [0, 0.05) is 24.4 Å². The van der Waals surface area contributed by atoms with Gasteiger partial charge in [-0.25, -0.2) is 0 Å². The van der Waals surface area contributed by atoms with Crippen molar-refractivity contribution >= 4 is 0 Å². The van der Waals surface area contributed by atoms with E-state index in [4.69, 9.17) is 4.74 Å². The highest BCUT2D eigenvalue weighted by atomic mass is 16.5. The molecule has 2 rings (SSSR count). The minimum Gasteiger partial charge on any atom is -0.496 e. The van der Waals surface area contributed by atoms with Crippen LogP contribution in [0.5, 0.6) is 5.75 Å². The quantitative estimate of drug-likeness (QED) is 0.718. The Balaban J connectivity index is 2.50. The zero-order chi connectivity index (χ0) is 9.97. The average molecular weight is 187 g/mol. The molecule has 0 fully saturated rings. The van der Waals surface area contributed by atoms with Gasteiger partial charge in [-0.15, -0.1) is 0 Å². The van der Waals surface area contributed by atoms with Crippen molar-refractivity contribution in [2.45, 2.75) is 0 Å². The normalized spacial score (nSPS) is 10.1. The summed E-state index contributed by atoms with van der Waals surface area (Å²) in [5.74, 6) is 0.820. The zero-order valence-corrected chi connectivity index (χ0v) is 8.19. The van der Waals surface area contributed by atoms with Crippen LogP contribution in [0, 0.1) is 6.07 Å². The zero-order valence-electron chi connectivity index (χ0n) is 8.19. The number of rotatable bonds is 2. The number of hydrogen-bond donors (Lipinski definition) is 0. The molecule has 0 amide bonds. The molecule has 0 aliphatic heterocycles. The van der Waals surface area contributed by atoms with E-state index in [0.29, 0.717) is 0 Å². The van der Waals surface area contributed by atoms with Crippen LogP contribution in [-0.2, 0) is 7.05 Å². The first kappa shape index (κ1) is 8.81. The summed E-state index contributed by atoms with van der Waals surface area (Å²) < 4.78 is 7.01. The number of benzene rings is 1. The van der Waals surface area contributed by atoms with Crippen LogP contribution in [0.4, 0.5) is 0 Å². The molecular weight excluding hydrogens is 176 g/mol. The molecule has 0 unspecified atom stereocenters. The molecule has 1 aromatic heterocycles. The van der Waals surface area contributed by atoms with E-state index in [1.165, 1.54) is 0 Å². The van der Waals surface area contributed by atoms with Crippen LogP contribution in [0.3, 0.4) is 0 Å². The van der Waals surface area contributed by atoms with Gasteiger partial charge in [0.05, 0.1) is 13.3 Å². The van der Waals surface area contributed by atoms with Gasteiger partial charge in [0.2, 0.25) is 0 Å². The molecule has 0 spiro atoms. The van der Waals surface area contributed by atoms with Gasteiger partial charge in [0.15, 0.2) is 0 Å². The van der Waals surface area contributed by atoms with E-state index in [9.17, 15) is 0 Å². The Labute approximate surface area is 82.9 Å². The number of nitrogens with zero attached hydrogens (tertiary/aromatic N) is 2. The van der Waals surface area contributed by atoms with E-state index in [1.807, 2.05) is 37.6 Å². The Bertz CT molecular complexity index is 434. The highest BCUT2D eigenvalue weighted by Crippen LogP contribution is 2.28. The van der Waals surface area contributed by atoms with E-state index >= 15 is 0 Å². The minimum atomic E-state index is 0.820. The second-order valence-electron chi connectivity index (χ2n) is 3.03. The third kappa shape index (κ3) is 1.48. The first-order chi connectivity index (χ1) is 6.81. The van der Waals surface area contributed by atoms with E-state index in [1.54, 1.807) is 11.8 Å². The fourth-order valence-corrected chi connectivity index (χ4v) is 1.38. The van der Waals surface area contributed by atoms with E-state index < -0.39 is 0 Å². The molecule has 0 atom stereocenters. The summed E-state index contributed by atoms with van der Waals surface area (Å²) in [6.07, 6.45) is 3.77. The highest BCUT2D eigenvalue weighted by molar-refractivity contribution is 5.68. The first-order valence-electron chi connectivity index (χ1n) is 4.34. The highest BCUT2D eigenvalue weighted by Gasteiger charge is 2.05. The van der Waals surface area contributed by atoms with Crippen molar-refractivity contribution in [3.63, 3.8) is 0 Å². The predicted molar refractivity (Wildman–Crippen MR) is 54.0 cm³/mol. The predicted octanol–water partition coefficient (Wildman–Crippen LogP) is 1.90. The molecule has 0 bridgehead atoms. The molecule has 0 saturated heterocycles. The van der Waals surface area contributed by atoms with Gasteiger partial charge in [-0.2, -0.15) is 5.10 Å². The van der Waals surface area contributed by atoms with Gasteiger partial charge in [0.1, 0.15) is 5.75 Å². The summed E-state index contributed by atoms with van der Waals surface area (Å²) in [5.41, 5.74) is 2.10. The monoisotopic (exact) mass is 187 g/mol. The first-order valence-corrected chi connectivity index (χ1v) is 4.34. The lowest BCUT2D eigenvalue weighted by Crippen LogP contribution is -1.86. The van der Waals surface area contributed by atoms with E-state index in [-0.39, 0.29) is 0 Å². The molecule has 2 aromatic rings. The average Bonchev–Trinajstić information content (AvgIpc) is 2.65. The summed E-state index contributed by atoms with van der Waals surface area (Å²) >= 11 is 0. The van der Waals surface area contributed by atoms with Gasteiger partial charge in [0.25, 0.3) is 0 Å². The Hall–Kier alpha value is -1.77. The summed E-state index contributed by atoms with van der Waals surface area (Å²) in [7, 11) is 3.55. The molecule has 0 aliphatic carbocycles. The van der Waals surface area contributed by atoms with Gasteiger partial charge in [-0.1, -0.05) is 6.07 Å². The van der Waals surface area contributed by atoms with Crippen molar-refractivity contribution in [2.24, 2.45) is 7.05 Å². The maximum Gasteiger partial charge on any atom is 0.127 e. The van der Waals surface area contributed by atoms with Crippen molar-refractivity contribution in [3.8, 4) is 16.9 Å². The maximum atomic E-state index is 5.24. The third-order valence-electron chi connectivity index (χ3n) is 2.06. The summed E-state index contributed by atoms with van der Waals surface area (Å²) in [4.78, 5) is 0. The molecule has 71 valence electrons. The van der Waals surface area contributed by atoms with Crippen molar-refractivity contribution in [3.05, 3.63) is 36.7 Å². The fourth-order valence-electron chi connectivity index (χ4n) is 1.38. The van der Waals surface area contributed by atoms with Crippen LogP contribution in [0.2, 0.25) is 0 Å². The smallest absolute Gasteiger partial charge is 0.127 e. The van der Waals surface area contributed by atoms with Crippen molar-refractivity contribution in [2.75, 3.05) is 7.11 Å².